The summed E-state index contributed by atoms with van der Waals surface area (Å²) < 4.78 is 11.0. The third kappa shape index (κ3) is 5.35. The Bertz CT molecular complexity index is 333. The molecule has 2 N–H and O–H groups in total. The fourth-order valence-corrected chi connectivity index (χ4v) is 2.50. The first kappa shape index (κ1) is 14.6. The summed E-state index contributed by atoms with van der Waals surface area (Å²) in [5, 5.41) is 13.2. The standard InChI is InChI=1S/C15H25NO3/c1-12(9-15-7-4-8-18-15)16-10-13(17)11-19-14-5-2-3-6-14/h4,7-8,12-14,16-17H,2-3,5-6,9-11H2,1H3. The molecule has 2 unspecified atom stereocenters. The minimum atomic E-state index is -0.431. The molecule has 2 rings (SSSR count). The highest BCUT2D eigenvalue weighted by Gasteiger charge is 2.17. The van der Waals surface area contributed by atoms with Gasteiger partial charge in [0, 0.05) is 19.0 Å². The molecule has 0 radical (unpaired) electrons. The van der Waals surface area contributed by atoms with Gasteiger partial charge >= 0.3 is 0 Å². The number of furan rings is 1. The minimum Gasteiger partial charge on any atom is -0.469 e. The molecule has 1 aliphatic carbocycles. The van der Waals surface area contributed by atoms with Crippen LogP contribution >= 0.6 is 0 Å². The number of ether oxygens (including phenoxy) is 1. The van der Waals surface area contributed by atoms with Gasteiger partial charge in [-0.05, 0) is 31.9 Å². The van der Waals surface area contributed by atoms with Crippen LogP contribution in [0.5, 0.6) is 0 Å². The van der Waals surface area contributed by atoms with Crippen molar-refractivity contribution in [3.05, 3.63) is 24.2 Å². The van der Waals surface area contributed by atoms with E-state index in [0.717, 1.165) is 25.0 Å². The Balaban J connectivity index is 1.56. The summed E-state index contributed by atoms with van der Waals surface area (Å²) in [6, 6.07) is 4.15. The van der Waals surface area contributed by atoms with Crippen molar-refractivity contribution in [2.45, 2.75) is 57.3 Å². The third-order valence-corrected chi connectivity index (χ3v) is 3.62. The van der Waals surface area contributed by atoms with E-state index >= 15 is 0 Å². The van der Waals surface area contributed by atoms with Gasteiger partial charge in [0.1, 0.15) is 5.76 Å². The zero-order chi connectivity index (χ0) is 13.5. The maximum Gasteiger partial charge on any atom is 0.105 e. The van der Waals surface area contributed by atoms with Crippen LogP contribution in [0.4, 0.5) is 0 Å². The molecule has 0 spiro atoms. The second kappa shape index (κ2) is 7.68. The molecule has 4 nitrogen and oxygen atoms in total. The number of nitrogens with one attached hydrogen (secondary N) is 1. The van der Waals surface area contributed by atoms with Crippen LogP contribution in [0.15, 0.2) is 22.8 Å². The summed E-state index contributed by atoms with van der Waals surface area (Å²) in [4.78, 5) is 0. The number of hydrogen-bond acceptors (Lipinski definition) is 4. The van der Waals surface area contributed by atoms with Crippen molar-refractivity contribution >= 4 is 0 Å². The first-order valence-electron chi connectivity index (χ1n) is 7.29. The number of rotatable bonds is 8. The van der Waals surface area contributed by atoms with Gasteiger partial charge in [-0.1, -0.05) is 12.8 Å². The molecule has 108 valence electrons. The molecule has 1 fully saturated rings. The Hall–Kier alpha value is -0.840. The smallest absolute Gasteiger partial charge is 0.105 e. The molecular weight excluding hydrogens is 242 g/mol. The van der Waals surface area contributed by atoms with Gasteiger partial charge in [0.2, 0.25) is 0 Å². The molecule has 0 amide bonds. The Morgan fingerprint density at radius 1 is 1.47 bits per heavy atom. The molecule has 4 heteroatoms. The van der Waals surface area contributed by atoms with Crippen molar-refractivity contribution in [2.24, 2.45) is 0 Å². The van der Waals surface area contributed by atoms with Crippen molar-refractivity contribution in [1.29, 1.82) is 0 Å². The van der Waals surface area contributed by atoms with Gasteiger partial charge in [0.25, 0.3) is 0 Å². The van der Waals surface area contributed by atoms with Crippen LogP contribution < -0.4 is 5.32 Å². The summed E-state index contributed by atoms with van der Waals surface area (Å²) in [5.74, 6) is 0.969. The molecule has 0 aromatic carbocycles. The quantitative estimate of drug-likeness (QED) is 0.757. The van der Waals surface area contributed by atoms with Crippen LogP contribution in [-0.2, 0) is 11.2 Å². The van der Waals surface area contributed by atoms with E-state index in [-0.39, 0.29) is 6.04 Å². The highest BCUT2D eigenvalue weighted by atomic mass is 16.5. The van der Waals surface area contributed by atoms with E-state index < -0.39 is 6.10 Å². The lowest BCUT2D eigenvalue weighted by Gasteiger charge is -2.18. The summed E-state index contributed by atoms with van der Waals surface area (Å²) in [7, 11) is 0. The predicted octanol–water partition coefficient (Wildman–Crippen LogP) is 2.12. The first-order chi connectivity index (χ1) is 9.24. The minimum absolute atomic E-state index is 0.285. The number of aliphatic hydroxyl groups is 1. The lowest BCUT2D eigenvalue weighted by Crippen LogP contribution is -2.37. The molecule has 2 atom stereocenters. The number of aliphatic hydroxyl groups excluding tert-OH is 1. The van der Waals surface area contributed by atoms with Crippen molar-refractivity contribution in [1.82, 2.24) is 5.32 Å². The molecule has 0 bridgehead atoms. The molecule has 0 aliphatic heterocycles. The van der Waals surface area contributed by atoms with Crippen LogP contribution in [0.3, 0.4) is 0 Å². The zero-order valence-electron chi connectivity index (χ0n) is 11.7. The molecule has 1 aromatic rings. The molecule has 19 heavy (non-hydrogen) atoms. The van der Waals surface area contributed by atoms with Crippen LogP contribution in [0, 0.1) is 0 Å². The second-order valence-electron chi connectivity index (χ2n) is 5.49. The average Bonchev–Trinajstić information content (AvgIpc) is 3.06. The Kier molecular flexibility index (Phi) is 5.89. The largest absolute Gasteiger partial charge is 0.469 e. The third-order valence-electron chi connectivity index (χ3n) is 3.62. The monoisotopic (exact) mass is 267 g/mol. The average molecular weight is 267 g/mol. The van der Waals surface area contributed by atoms with Crippen LogP contribution in [0.2, 0.25) is 0 Å². The lowest BCUT2D eigenvalue weighted by molar-refractivity contribution is -0.00610. The van der Waals surface area contributed by atoms with Gasteiger partial charge in [-0.15, -0.1) is 0 Å². The molecule has 1 heterocycles. The summed E-state index contributed by atoms with van der Waals surface area (Å²) in [6.07, 6.45) is 7.28. The maximum absolute atomic E-state index is 9.87. The second-order valence-corrected chi connectivity index (χ2v) is 5.49. The molecular formula is C15H25NO3. The fraction of sp³-hybridized carbons (Fsp3) is 0.733. The van der Waals surface area contributed by atoms with Gasteiger partial charge in [0.05, 0.1) is 25.1 Å². The van der Waals surface area contributed by atoms with Gasteiger partial charge < -0.3 is 19.6 Å². The van der Waals surface area contributed by atoms with Crippen molar-refractivity contribution < 1.29 is 14.3 Å². The Morgan fingerprint density at radius 2 is 2.26 bits per heavy atom. The SMILES string of the molecule is CC(Cc1ccco1)NCC(O)COC1CCCC1. The van der Waals surface area contributed by atoms with E-state index in [1.54, 1.807) is 6.26 Å². The van der Waals surface area contributed by atoms with Gasteiger partial charge in [0.15, 0.2) is 0 Å². The normalized spacial score (nSPS) is 19.7. The highest BCUT2D eigenvalue weighted by molar-refractivity contribution is 4.99. The lowest BCUT2D eigenvalue weighted by atomic mass is 10.2. The maximum atomic E-state index is 9.87. The van der Waals surface area contributed by atoms with Crippen LogP contribution in [0.1, 0.15) is 38.4 Å². The van der Waals surface area contributed by atoms with E-state index in [9.17, 15) is 5.11 Å². The molecule has 0 saturated heterocycles. The van der Waals surface area contributed by atoms with Crippen molar-refractivity contribution in [3.63, 3.8) is 0 Å². The summed E-state index contributed by atoms with van der Waals surface area (Å²) in [6.45, 7) is 3.09. The van der Waals surface area contributed by atoms with Gasteiger partial charge in [-0.2, -0.15) is 0 Å². The fourth-order valence-electron chi connectivity index (χ4n) is 2.50. The first-order valence-corrected chi connectivity index (χ1v) is 7.29. The van der Waals surface area contributed by atoms with E-state index in [1.165, 1.54) is 12.8 Å². The van der Waals surface area contributed by atoms with E-state index in [2.05, 4.69) is 12.2 Å². The molecule has 1 aromatic heterocycles. The topological polar surface area (TPSA) is 54.6 Å². The van der Waals surface area contributed by atoms with E-state index in [1.807, 2.05) is 12.1 Å². The van der Waals surface area contributed by atoms with Crippen molar-refractivity contribution in [2.75, 3.05) is 13.2 Å². The van der Waals surface area contributed by atoms with Gasteiger partial charge in [-0.25, -0.2) is 0 Å². The summed E-state index contributed by atoms with van der Waals surface area (Å²) >= 11 is 0. The van der Waals surface area contributed by atoms with E-state index in [4.69, 9.17) is 9.15 Å². The summed E-state index contributed by atoms with van der Waals surface area (Å²) in [5.41, 5.74) is 0. The van der Waals surface area contributed by atoms with Crippen LogP contribution in [-0.4, -0.2) is 36.5 Å². The van der Waals surface area contributed by atoms with Crippen molar-refractivity contribution in [3.8, 4) is 0 Å². The Labute approximate surface area is 115 Å². The Morgan fingerprint density at radius 3 is 2.95 bits per heavy atom. The van der Waals surface area contributed by atoms with Crippen LogP contribution in [0.25, 0.3) is 0 Å². The molecule has 1 saturated carbocycles. The predicted molar refractivity (Wildman–Crippen MR) is 74.1 cm³/mol. The number of hydrogen-bond donors (Lipinski definition) is 2. The zero-order valence-corrected chi connectivity index (χ0v) is 11.7. The molecule has 1 aliphatic rings. The highest BCUT2D eigenvalue weighted by Crippen LogP contribution is 2.20. The van der Waals surface area contributed by atoms with Gasteiger partial charge in [-0.3, -0.25) is 0 Å². The van der Waals surface area contributed by atoms with E-state index in [0.29, 0.717) is 19.3 Å².